The lowest BCUT2D eigenvalue weighted by Gasteiger charge is -2.04. The van der Waals surface area contributed by atoms with Gasteiger partial charge in [-0.15, -0.1) is 11.3 Å². The van der Waals surface area contributed by atoms with E-state index in [9.17, 15) is 29.8 Å². The number of ether oxygens (including phenoxy) is 1. The van der Waals surface area contributed by atoms with Crippen molar-refractivity contribution in [2.45, 2.75) is 6.92 Å². The molecule has 1 amide bonds. The van der Waals surface area contributed by atoms with Gasteiger partial charge in [0.2, 0.25) is 0 Å². The molecule has 12 heteroatoms. The summed E-state index contributed by atoms with van der Waals surface area (Å²) in [7, 11) is 0. The first-order valence-corrected chi connectivity index (χ1v) is 9.38. The van der Waals surface area contributed by atoms with Crippen LogP contribution in [0, 0.1) is 20.2 Å². The number of thiophene rings is 2. The number of benzene rings is 1. The monoisotopic (exact) mass is 421 g/mol. The fraction of sp³-hybridized carbons (Fsp3) is 0.125. The van der Waals surface area contributed by atoms with Gasteiger partial charge in [0.25, 0.3) is 11.6 Å². The zero-order valence-corrected chi connectivity index (χ0v) is 15.8. The SMILES string of the molecule is CCOC(=O)c1cc([N+](=O)[O-])sc1NC(=O)c1cc2cc([N+](=O)[O-])ccc2s1. The van der Waals surface area contributed by atoms with Crippen LogP contribution in [0.5, 0.6) is 0 Å². The molecule has 1 N–H and O–H groups in total. The number of carbonyl (C=O) groups excluding carboxylic acids is 2. The van der Waals surface area contributed by atoms with Crippen molar-refractivity contribution >= 4 is 60.3 Å². The molecule has 0 radical (unpaired) electrons. The molecule has 0 aliphatic rings. The molecule has 0 bridgehead atoms. The van der Waals surface area contributed by atoms with Gasteiger partial charge in [0.15, 0.2) is 0 Å². The minimum Gasteiger partial charge on any atom is -0.462 e. The van der Waals surface area contributed by atoms with E-state index < -0.39 is 21.7 Å². The molecule has 28 heavy (non-hydrogen) atoms. The summed E-state index contributed by atoms with van der Waals surface area (Å²) >= 11 is 1.74. The zero-order valence-electron chi connectivity index (χ0n) is 14.2. The van der Waals surface area contributed by atoms with E-state index in [0.717, 1.165) is 17.4 Å². The highest BCUT2D eigenvalue weighted by atomic mass is 32.1. The molecule has 0 aliphatic heterocycles. The van der Waals surface area contributed by atoms with E-state index in [1.54, 1.807) is 6.92 Å². The molecule has 2 heterocycles. The number of nitro groups is 2. The van der Waals surface area contributed by atoms with Gasteiger partial charge >= 0.3 is 11.0 Å². The van der Waals surface area contributed by atoms with Gasteiger partial charge in [-0.3, -0.25) is 25.0 Å². The van der Waals surface area contributed by atoms with Crippen LogP contribution < -0.4 is 5.32 Å². The Morgan fingerprint density at radius 1 is 1.11 bits per heavy atom. The lowest BCUT2D eigenvalue weighted by molar-refractivity contribution is -0.384. The molecule has 0 fully saturated rings. The summed E-state index contributed by atoms with van der Waals surface area (Å²) in [6, 6.07) is 6.75. The molecule has 0 saturated carbocycles. The number of nitrogens with zero attached hydrogens (tertiary/aromatic N) is 2. The number of amides is 1. The van der Waals surface area contributed by atoms with Crippen LogP contribution in [0.15, 0.2) is 30.3 Å². The fourth-order valence-corrected chi connectivity index (χ4v) is 4.14. The first kappa shape index (κ1) is 19.4. The summed E-state index contributed by atoms with van der Waals surface area (Å²) in [5.41, 5.74) is -0.209. The Hall–Kier alpha value is -3.38. The highest BCUT2D eigenvalue weighted by Gasteiger charge is 2.25. The zero-order chi connectivity index (χ0) is 20.4. The first-order chi connectivity index (χ1) is 13.3. The third-order valence-electron chi connectivity index (χ3n) is 3.56. The Morgan fingerprint density at radius 2 is 1.86 bits per heavy atom. The van der Waals surface area contributed by atoms with Crippen molar-refractivity contribution in [2.24, 2.45) is 0 Å². The molecule has 3 aromatic rings. The number of fused-ring (bicyclic) bond motifs is 1. The van der Waals surface area contributed by atoms with Gasteiger partial charge in [-0.2, -0.15) is 0 Å². The fourth-order valence-electron chi connectivity index (χ4n) is 2.34. The average Bonchev–Trinajstić information content (AvgIpc) is 3.25. The third-order valence-corrected chi connectivity index (χ3v) is 5.67. The molecule has 144 valence electrons. The summed E-state index contributed by atoms with van der Waals surface area (Å²) < 4.78 is 5.53. The summed E-state index contributed by atoms with van der Waals surface area (Å²) in [5.74, 6) is -1.37. The second-order valence-corrected chi connectivity index (χ2v) is 7.46. The quantitative estimate of drug-likeness (QED) is 0.357. The van der Waals surface area contributed by atoms with Gasteiger partial charge in [-0.1, -0.05) is 0 Å². The standard InChI is InChI=1S/C16H11N3O7S2/c1-2-26-16(21)10-7-13(19(24)25)28-15(10)17-14(20)12-6-8-5-9(18(22)23)3-4-11(8)27-12/h3-7H,2H2,1H3,(H,17,20). The van der Waals surface area contributed by atoms with E-state index in [-0.39, 0.29) is 32.7 Å². The summed E-state index contributed by atoms with van der Waals surface area (Å²) in [4.78, 5) is 45.5. The van der Waals surface area contributed by atoms with Crippen LogP contribution in [0.2, 0.25) is 0 Å². The average molecular weight is 421 g/mol. The van der Waals surface area contributed by atoms with Gasteiger partial charge in [0, 0.05) is 28.3 Å². The molecular weight excluding hydrogens is 410 g/mol. The largest absolute Gasteiger partial charge is 0.462 e. The number of nitro benzene ring substituents is 1. The van der Waals surface area contributed by atoms with Crippen LogP contribution in [0.4, 0.5) is 15.7 Å². The molecule has 1 aromatic carbocycles. The maximum atomic E-state index is 12.6. The van der Waals surface area contributed by atoms with Crippen LogP contribution >= 0.6 is 22.7 Å². The number of hydrogen-bond donors (Lipinski definition) is 1. The summed E-state index contributed by atoms with van der Waals surface area (Å²) in [6.07, 6.45) is 0. The topological polar surface area (TPSA) is 142 Å². The predicted molar refractivity (Wildman–Crippen MR) is 103 cm³/mol. The Balaban J connectivity index is 1.92. The van der Waals surface area contributed by atoms with Crippen molar-refractivity contribution in [1.82, 2.24) is 0 Å². The maximum absolute atomic E-state index is 12.6. The van der Waals surface area contributed by atoms with E-state index in [2.05, 4.69) is 5.32 Å². The number of carbonyl (C=O) groups is 2. The second kappa shape index (κ2) is 7.70. The predicted octanol–water partition coefficient (Wildman–Crippen LogP) is 4.21. The van der Waals surface area contributed by atoms with Crippen molar-refractivity contribution in [2.75, 3.05) is 11.9 Å². The lowest BCUT2D eigenvalue weighted by Crippen LogP contribution is -2.13. The van der Waals surface area contributed by atoms with Gasteiger partial charge in [0.05, 0.1) is 21.3 Å². The maximum Gasteiger partial charge on any atom is 0.341 e. The van der Waals surface area contributed by atoms with Gasteiger partial charge in [-0.25, -0.2) is 4.79 Å². The second-order valence-electron chi connectivity index (χ2n) is 5.35. The summed E-state index contributed by atoms with van der Waals surface area (Å²) in [5, 5.41) is 24.6. The van der Waals surface area contributed by atoms with Gasteiger partial charge < -0.3 is 10.1 Å². The molecular formula is C16H11N3O7S2. The van der Waals surface area contributed by atoms with Crippen LogP contribution in [0.3, 0.4) is 0 Å². The van der Waals surface area contributed by atoms with Gasteiger partial charge in [-0.05, 0) is 30.4 Å². The first-order valence-electron chi connectivity index (χ1n) is 7.74. The number of esters is 1. The van der Waals surface area contributed by atoms with Crippen molar-refractivity contribution in [3.63, 3.8) is 0 Å². The van der Waals surface area contributed by atoms with Crippen LogP contribution in [-0.2, 0) is 4.74 Å². The molecule has 0 aliphatic carbocycles. The molecule has 10 nitrogen and oxygen atoms in total. The number of nitrogens with one attached hydrogen (secondary N) is 1. The van der Waals surface area contributed by atoms with Crippen LogP contribution in [-0.4, -0.2) is 28.3 Å². The van der Waals surface area contributed by atoms with E-state index in [0.29, 0.717) is 21.4 Å². The highest BCUT2D eigenvalue weighted by molar-refractivity contribution is 7.21. The minimum atomic E-state index is -0.783. The Morgan fingerprint density at radius 3 is 2.50 bits per heavy atom. The summed E-state index contributed by atoms with van der Waals surface area (Å²) in [6.45, 7) is 1.66. The molecule has 3 rings (SSSR count). The Kier molecular flexibility index (Phi) is 5.33. The van der Waals surface area contributed by atoms with Crippen LogP contribution in [0.25, 0.3) is 10.1 Å². The Bertz CT molecular complexity index is 1120. The van der Waals surface area contributed by atoms with Crippen LogP contribution in [0.1, 0.15) is 27.0 Å². The smallest absolute Gasteiger partial charge is 0.341 e. The lowest BCUT2D eigenvalue weighted by atomic mass is 10.2. The van der Waals surface area contributed by atoms with E-state index in [1.165, 1.54) is 24.3 Å². The van der Waals surface area contributed by atoms with E-state index >= 15 is 0 Å². The molecule has 2 aromatic heterocycles. The van der Waals surface area contributed by atoms with Gasteiger partial charge in [0.1, 0.15) is 10.6 Å². The molecule has 0 saturated heterocycles. The number of rotatable bonds is 6. The third kappa shape index (κ3) is 3.82. The van der Waals surface area contributed by atoms with Crippen molar-refractivity contribution in [3.05, 3.63) is 61.0 Å². The van der Waals surface area contributed by atoms with Crippen molar-refractivity contribution in [1.29, 1.82) is 0 Å². The molecule has 0 unspecified atom stereocenters. The number of hydrogen-bond acceptors (Lipinski definition) is 9. The van der Waals surface area contributed by atoms with E-state index in [1.807, 2.05) is 0 Å². The number of non-ortho nitro benzene ring substituents is 1. The van der Waals surface area contributed by atoms with E-state index in [4.69, 9.17) is 4.74 Å². The minimum absolute atomic E-state index is 0.00131. The number of anilines is 1. The van der Waals surface area contributed by atoms with Crippen molar-refractivity contribution in [3.8, 4) is 0 Å². The normalized spacial score (nSPS) is 10.6. The molecule has 0 spiro atoms. The Labute approximate surface area is 164 Å². The highest BCUT2D eigenvalue weighted by Crippen LogP contribution is 2.35. The van der Waals surface area contributed by atoms with Crippen molar-refractivity contribution < 1.29 is 24.2 Å². The molecule has 0 atom stereocenters.